The van der Waals surface area contributed by atoms with Crippen LogP contribution in [-0.2, 0) is 27.2 Å². The third-order valence-electron chi connectivity index (χ3n) is 4.15. The zero-order valence-corrected chi connectivity index (χ0v) is 22.3. The highest BCUT2D eigenvalue weighted by atomic mass is 127. The van der Waals surface area contributed by atoms with Gasteiger partial charge in [0.05, 0.1) is 19.9 Å². The number of benzene rings is 1. The van der Waals surface area contributed by atoms with Gasteiger partial charge in [-0.1, -0.05) is 11.3 Å². The molecule has 0 fully saturated rings. The Hall–Kier alpha value is -1.78. The van der Waals surface area contributed by atoms with Gasteiger partial charge in [-0.05, 0) is 69.3 Å². The molecule has 1 amide bonds. The minimum absolute atomic E-state index is 0.0788. The number of carbonyl (C=O) groups excluding carboxylic acids is 1. The zero-order valence-electron chi connectivity index (χ0n) is 17.1. The highest BCUT2D eigenvalue weighted by molar-refractivity contribution is 14.1. The van der Waals surface area contributed by atoms with Gasteiger partial charge in [0.2, 0.25) is 5.91 Å². The molecule has 9 nitrogen and oxygen atoms in total. The van der Waals surface area contributed by atoms with Gasteiger partial charge in [-0.25, -0.2) is 14.6 Å². The Balaban J connectivity index is 0.000000390. The first-order chi connectivity index (χ1) is 15.1. The first-order valence-electron chi connectivity index (χ1n) is 9.27. The van der Waals surface area contributed by atoms with E-state index in [-0.39, 0.29) is 11.9 Å². The number of ether oxygens (including phenoxy) is 1. The van der Waals surface area contributed by atoms with Crippen LogP contribution in [0.25, 0.3) is 0 Å². The zero-order chi connectivity index (χ0) is 23.8. The number of nitrogens with one attached hydrogen (secondary N) is 2. The summed E-state index contributed by atoms with van der Waals surface area (Å²) in [7, 11) is 1.70. The van der Waals surface area contributed by atoms with Crippen LogP contribution in [0.4, 0.5) is 5.13 Å². The minimum atomic E-state index is -1.26. The van der Waals surface area contributed by atoms with Gasteiger partial charge in [-0.2, -0.15) is 0 Å². The molecular formula is C20H21I2N3O6S. The molecule has 172 valence electrons. The average Bonchev–Trinajstić information content (AvgIpc) is 3.09. The van der Waals surface area contributed by atoms with Crippen molar-refractivity contribution in [2.45, 2.75) is 25.8 Å². The van der Waals surface area contributed by atoms with E-state index in [4.69, 9.17) is 14.9 Å². The standard InChI is InChI=1S/C16H17I2N3O2S.C4H4O4/c1-8(22)20-16-21-12-3-4-19-13(15(12)24-16)7-9-5-10(17)14(23-2)11(18)6-9;5-3(6)1-2-4(7)8/h5-6,13,19H,3-4,7H2,1-2H3,(H,20,21,22);1-2H,(H,5,6)(H,7,8)/b;2-1-. The van der Waals surface area contributed by atoms with Crippen LogP contribution in [0.3, 0.4) is 0 Å². The summed E-state index contributed by atoms with van der Waals surface area (Å²) in [5.41, 5.74) is 2.37. The largest absolute Gasteiger partial charge is 0.495 e. The van der Waals surface area contributed by atoms with Gasteiger partial charge in [-0.3, -0.25) is 4.79 Å². The molecule has 1 aromatic carbocycles. The Bertz CT molecular complexity index is 1000. The molecule has 0 spiro atoms. The van der Waals surface area contributed by atoms with Gasteiger partial charge in [0.25, 0.3) is 0 Å². The number of halogens is 2. The molecule has 0 saturated carbocycles. The summed E-state index contributed by atoms with van der Waals surface area (Å²) in [5.74, 6) is -1.66. The van der Waals surface area contributed by atoms with Gasteiger partial charge < -0.3 is 25.6 Å². The maximum absolute atomic E-state index is 11.3. The molecule has 3 rings (SSSR count). The number of aliphatic carboxylic acids is 2. The van der Waals surface area contributed by atoms with Crippen LogP contribution in [0.15, 0.2) is 24.3 Å². The second kappa shape index (κ2) is 12.5. The number of amides is 1. The second-order valence-corrected chi connectivity index (χ2v) is 9.93. The Labute approximate surface area is 215 Å². The summed E-state index contributed by atoms with van der Waals surface area (Å²) in [6, 6.07) is 4.58. The molecule has 0 saturated heterocycles. The minimum Gasteiger partial charge on any atom is -0.495 e. The van der Waals surface area contributed by atoms with Crippen LogP contribution in [0.5, 0.6) is 5.75 Å². The van der Waals surface area contributed by atoms with Crippen molar-refractivity contribution in [2.24, 2.45) is 0 Å². The van der Waals surface area contributed by atoms with Crippen molar-refractivity contribution in [1.82, 2.24) is 10.3 Å². The maximum atomic E-state index is 11.3. The van der Waals surface area contributed by atoms with E-state index >= 15 is 0 Å². The number of nitrogens with zero attached hydrogens (tertiary/aromatic N) is 1. The van der Waals surface area contributed by atoms with E-state index in [1.165, 1.54) is 17.4 Å². The molecule has 4 N–H and O–H groups in total. The summed E-state index contributed by atoms with van der Waals surface area (Å²) in [5, 5.41) is 22.7. The first kappa shape index (κ1) is 26.5. The number of hydrogen-bond acceptors (Lipinski definition) is 7. The molecular weight excluding hydrogens is 664 g/mol. The number of anilines is 1. The van der Waals surface area contributed by atoms with E-state index in [2.05, 4.69) is 72.9 Å². The van der Waals surface area contributed by atoms with Crippen molar-refractivity contribution in [2.75, 3.05) is 19.0 Å². The summed E-state index contributed by atoms with van der Waals surface area (Å²) >= 11 is 6.20. The van der Waals surface area contributed by atoms with E-state index in [1.807, 2.05) is 0 Å². The van der Waals surface area contributed by atoms with Crippen molar-refractivity contribution in [1.29, 1.82) is 0 Å². The number of rotatable bonds is 6. The third kappa shape index (κ3) is 7.97. The number of fused-ring (bicyclic) bond motifs is 1. The quantitative estimate of drug-likeness (QED) is 0.268. The molecule has 1 aliphatic heterocycles. The fraction of sp³-hybridized carbons (Fsp3) is 0.300. The first-order valence-corrected chi connectivity index (χ1v) is 12.2. The van der Waals surface area contributed by atoms with Crippen LogP contribution in [0.1, 0.15) is 29.1 Å². The number of hydrogen-bond donors (Lipinski definition) is 4. The Kier molecular flexibility index (Phi) is 10.3. The van der Waals surface area contributed by atoms with Gasteiger partial charge in [0, 0.05) is 43.0 Å². The van der Waals surface area contributed by atoms with E-state index in [0.717, 1.165) is 38.0 Å². The smallest absolute Gasteiger partial charge is 0.328 e. The lowest BCUT2D eigenvalue weighted by atomic mass is 10.00. The van der Waals surface area contributed by atoms with Crippen LogP contribution >= 0.6 is 56.5 Å². The maximum Gasteiger partial charge on any atom is 0.328 e. The Morgan fingerprint density at radius 2 is 1.84 bits per heavy atom. The molecule has 1 unspecified atom stereocenters. The number of carboxylic acids is 2. The van der Waals surface area contributed by atoms with Crippen LogP contribution in [0.2, 0.25) is 0 Å². The van der Waals surface area contributed by atoms with Gasteiger partial charge >= 0.3 is 11.9 Å². The summed E-state index contributed by atoms with van der Waals surface area (Å²) in [4.78, 5) is 36.2. The molecule has 12 heteroatoms. The van der Waals surface area contributed by atoms with Crippen molar-refractivity contribution in [3.05, 3.63) is 47.6 Å². The van der Waals surface area contributed by atoms with E-state index in [1.54, 1.807) is 18.4 Å². The van der Waals surface area contributed by atoms with Gasteiger partial charge in [0.15, 0.2) is 5.13 Å². The summed E-state index contributed by atoms with van der Waals surface area (Å²) in [6.45, 7) is 2.42. The fourth-order valence-electron chi connectivity index (χ4n) is 2.94. The van der Waals surface area contributed by atoms with E-state index < -0.39 is 11.9 Å². The van der Waals surface area contributed by atoms with Gasteiger partial charge in [0.1, 0.15) is 5.75 Å². The molecule has 1 aromatic heterocycles. The number of carboxylic acid groups (broad SMARTS) is 2. The predicted molar refractivity (Wildman–Crippen MR) is 137 cm³/mol. The molecule has 0 aliphatic carbocycles. The summed E-state index contributed by atoms with van der Waals surface area (Å²) < 4.78 is 7.68. The molecule has 0 bridgehead atoms. The SMILES string of the molecule is COc1c(I)cc(CC2NCCc3nc(NC(C)=O)sc32)cc1I.O=C(O)/C=C\C(=O)O. The topological polar surface area (TPSA) is 138 Å². The predicted octanol–water partition coefficient (Wildman–Crippen LogP) is 3.46. The number of aromatic nitrogens is 1. The molecule has 2 aromatic rings. The number of carbonyl (C=O) groups is 3. The Morgan fingerprint density at radius 3 is 2.34 bits per heavy atom. The molecule has 2 heterocycles. The lowest BCUT2D eigenvalue weighted by Gasteiger charge is -2.23. The van der Waals surface area contributed by atoms with E-state index in [9.17, 15) is 14.4 Å². The highest BCUT2D eigenvalue weighted by Crippen LogP contribution is 2.35. The van der Waals surface area contributed by atoms with Crippen LogP contribution in [0, 0.1) is 7.14 Å². The van der Waals surface area contributed by atoms with Crippen molar-refractivity contribution >= 4 is 79.5 Å². The van der Waals surface area contributed by atoms with E-state index in [0.29, 0.717) is 17.3 Å². The number of methoxy groups -OCH3 is 1. The third-order valence-corrected chi connectivity index (χ3v) is 6.88. The van der Waals surface area contributed by atoms with Crippen molar-refractivity contribution in [3.8, 4) is 5.75 Å². The lowest BCUT2D eigenvalue weighted by Crippen LogP contribution is -2.30. The molecule has 32 heavy (non-hydrogen) atoms. The highest BCUT2D eigenvalue weighted by Gasteiger charge is 2.25. The average molecular weight is 685 g/mol. The summed E-state index contributed by atoms with van der Waals surface area (Å²) in [6.07, 6.45) is 2.91. The monoisotopic (exact) mass is 685 g/mol. The number of thiazole rings is 1. The molecule has 1 aliphatic rings. The second-order valence-electron chi connectivity index (χ2n) is 6.57. The molecule has 0 radical (unpaired) electrons. The Morgan fingerprint density at radius 1 is 1.25 bits per heavy atom. The van der Waals surface area contributed by atoms with Gasteiger partial charge in [-0.15, -0.1) is 0 Å². The van der Waals surface area contributed by atoms with Crippen LogP contribution < -0.4 is 15.4 Å². The lowest BCUT2D eigenvalue weighted by molar-refractivity contribution is -0.134. The fourth-order valence-corrected chi connectivity index (χ4v) is 6.42. The molecule has 1 atom stereocenters. The normalized spacial score (nSPS) is 14.8. The van der Waals surface area contributed by atoms with Crippen molar-refractivity contribution < 1.29 is 29.3 Å². The van der Waals surface area contributed by atoms with Crippen molar-refractivity contribution in [3.63, 3.8) is 0 Å². The van der Waals surface area contributed by atoms with Crippen LogP contribution in [-0.4, -0.2) is 46.7 Å².